The fourth-order valence-electron chi connectivity index (χ4n) is 1.07. The average molecular weight is 190 g/mol. The number of hydrogen-bond donors (Lipinski definition) is 2. The van der Waals surface area contributed by atoms with E-state index in [1.54, 1.807) is 0 Å². The number of nitrogens with zero attached hydrogens (tertiary/aromatic N) is 1. The van der Waals surface area contributed by atoms with Crippen LogP contribution < -0.4 is 5.32 Å². The lowest BCUT2D eigenvalue weighted by atomic mass is 10.1. The predicted molar refractivity (Wildman–Crippen MR) is 49.9 cm³/mol. The molecule has 14 heavy (non-hydrogen) atoms. The van der Waals surface area contributed by atoms with Gasteiger partial charge in [0.05, 0.1) is 0 Å². The number of aliphatic hydroxyl groups is 1. The molecule has 0 aliphatic heterocycles. The van der Waals surface area contributed by atoms with E-state index in [2.05, 4.69) is 0 Å². The SMILES string of the molecule is N#CNC(=O)C(O)Cc1ccccc1. The van der Waals surface area contributed by atoms with Crippen LogP contribution in [0.3, 0.4) is 0 Å². The highest BCUT2D eigenvalue weighted by Crippen LogP contribution is 2.02. The zero-order valence-corrected chi connectivity index (χ0v) is 7.47. The number of carbonyl (C=O) groups is 1. The Balaban J connectivity index is 2.54. The van der Waals surface area contributed by atoms with E-state index in [1.807, 2.05) is 35.6 Å². The molecular weight excluding hydrogens is 180 g/mol. The van der Waals surface area contributed by atoms with Crippen molar-refractivity contribution in [1.29, 1.82) is 5.26 Å². The molecule has 1 amide bonds. The Morgan fingerprint density at radius 3 is 2.71 bits per heavy atom. The summed E-state index contributed by atoms with van der Waals surface area (Å²) in [5.74, 6) is -0.670. The van der Waals surface area contributed by atoms with E-state index in [1.165, 1.54) is 6.19 Å². The van der Waals surface area contributed by atoms with E-state index >= 15 is 0 Å². The van der Waals surface area contributed by atoms with Crippen LogP contribution in [-0.2, 0) is 11.2 Å². The average Bonchev–Trinajstić information content (AvgIpc) is 2.19. The second kappa shape index (κ2) is 5.00. The summed E-state index contributed by atoms with van der Waals surface area (Å²) in [6, 6.07) is 9.12. The van der Waals surface area contributed by atoms with Gasteiger partial charge in [-0.05, 0) is 5.56 Å². The van der Waals surface area contributed by atoms with Crippen LogP contribution in [0.1, 0.15) is 5.56 Å². The van der Waals surface area contributed by atoms with Crippen LogP contribution in [0.4, 0.5) is 0 Å². The summed E-state index contributed by atoms with van der Waals surface area (Å²) in [6.45, 7) is 0. The Hall–Kier alpha value is -1.86. The molecule has 0 spiro atoms. The van der Waals surface area contributed by atoms with Crippen molar-refractivity contribution in [3.05, 3.63) is 35.9 Å². The number of nitrogens with one attached hydrogen (secondary N) is 1. The number of nitriles is 1. The number of hydrogen-bond acceptors (Lipinski definition) is 3. The maximum atomic E-state index is 11.0. The Kier molecular flexibility index (Phi) is 3.65. The second-order valence-corrected chi connectivity index (χ2v) is 2.81. The van der Waals surface area contributed by atoms with Crippen LogP contribution in [0.25, 0.3) is 0 Å². The van der Waals surface area contributed by atoms with E-state index in [-0.39, 0.29) is 6.42 Å². The molecule has 4 heteroatoms. The summed E-state index contributed by atoms with van der Waals surface area (Å²) in [7, 11) is 0. The first-order valence-corrected chi connectivity index (χ1v) is 4.15. The Morgan fingerprint density at radius 1 is 1.50 bits per heavy atom. The first kappa shape index (κ1) is 10.2. The highest BCUT2D eigenvalue weighted by atomic mass is 16.3. The number of carbonyl (C=O) groups excluding carboxylic acids is 1. The number of aliphatic hydroxyl groups excluding tert-OH is 1. The molecule has 0 fully saturated rings. The van der Waals surface area contributed by atoms with E-state index in [0.717, 1.165) is 5.56 Å². The van der Waals surface area contributed by atoms with Gasteiger partial charge < -0.3 is 5.11 Å². The summed E-state index contributed by atoms with van der Waals surface area (Å²) in [6.07, 6.45) is 0.522. The third-order valence-electron chi connectivity index (χ3n) is 1.75. The van der Waals surface area contributed by atoms with Gasteiger partial charge in [-0.25, -0.2) is 0 Å². The molecule has 0 aliphatic carbocycles. The van der Waals surface area contributed by atoms with Crippen molar-refractivity contribution in [2.75, 3.05) is 0 Å². The number of rotatable bonds is 3. The van der Waals surface area contributed by atoms with Gasteiger partial charge in [0.1, 0.15) is 6.10 Å². The van der Waals surface area contributed by atoms with E-state index < -0.39 is 12.0 Å². The lowest BCUT2D eigenvalue weighted by Gasteiger charge is -2.07. The molecule has 2 N–H and O–H groups in total. The summed E-state index contributed by atoms with van der Waals surface area (Å²) in [4.78, 5) is 11.0. The van der Waals surface area contributed by atoms with Gasteiger partial charge in [-0.15, -0.1) is 0 Å². The predicted octanol–water partition coefficient (Wildman–Crippen LogP) is 0.187. The van der Waals surface area contributed by atoms with Crippen molar-refractivity contribution in [2.45, 2.75) is 12.5 Å². The molecule has 0 bridgehead atoms. The molecule has 1 aromatic carbocycles. The molecular formula is C10H10N2O2. The third kappa shape index (κ3) is 2.88. The van der Waals surface area contributed by atoms with Crippen LogP contribution >= 0.6 is 0 Å². The molecule has 0 heterocycles. The molecule has 72 valence electrons. The summed E-state index contributed by atoms with van der Waals surface area (Å²) < 4.78 is 0. The first-order valence-electron chi connectivity index (χ1n) is 4.15. The molecule has 1 rings (SSSR count). The van der Waals surface area contributed by atoms with Gasteiger partial charge in [-0.2, -0.15) is 5.26 Å². The van der Waals surface area contributed by atoms with Gasteiger partial charge in [-0.3, -0.25) is 10.1 Å². The largest absolute Gasteiger partial charge is 0.383 e. The maximum Gasteiger partial charge on any atom is 0.262 e. The van der Waals surface area contributed by atoms with Crippen molar-refractivity contribution in [1.82, 2.24) is 5.32 Å². The number of benzene rings is 1. The van der Waals surface area contributed by atoms with Crippen LogP contribution in [0.2, 0.25) is 0 Å². The standard InChI is InChI=1S/C10H10N2O2/c11-7-12-10(14)9(13)6-8-4-2-1-3-5-8/h1-5,9,13H,6H2,(H,12,14). The van der Waals surface area contributed by atoms with Crippen molar-refractivity contribution in [3.63, 3.8) is 0 Å². The molecule has 0 aromatic heterocycles. The van der Waals surface area contributed by atoms with Gasteiger partial charge in [0.2, 0.25) is 0 Å². The summed E-state index contributed by atoms with van der Waals surface area (Å²) in [5, 5.41) is 19.4. The monoisotopic (exact) mass is 190 g/mol. The van der Waals surface area contributed by atoms with Gasteiger partial charge in [0.15, 0.2) is 6.19 Å². The van der Waals surface area contributed by atoms with Gasteiger partial charge in [-0.1, -0.05) is 30.3 Å². The molecule has 1 aromatic rings. The van der Waals surface area contributed by atoms with Crippen molar-refractivity contribution >= 4 is 5.91 Å². The van der Waals surface area contributed by atoms with Crippen LogP contribution in [0.15, 0.2) is 30.3 Å². The van der Waals surface area contributed by atoms with E-state index in [4.69, 9.17) is 5.26 Å². The molecule has 0 radical (unpaired) electrons. The Labute approximate surface area is 81.8 Å². The molecule has 4 nitrogen and oxygen atoms in total. The zero-order valence-electron chi connectivity index (χ0n) is 7.47. The van der Waals surface area contributed by atoms with Crippen LogP contribution in [0, 0.1) is 11.5 Å². The lowest BCUT2D eigenvalue weighted by Crippen LogP contribution is -2.32. The van der Waals surface area contributed by atoms with E-state index in [0.29, 0.717) is 0 Å². The smallest absolute Gasteiger partial charge is 0.262 e. The van der Waals surface area contributed by atoms with Gasteiger partial charge >= 0.3 is 0 Å². The minimum Gasteiger partial charge on any atom is -0.383 e. The fraction of sp³-hybridized carbons (Fsp3) is 0.200. The van der Waals surface area contributed by atoms with Gasteiger partial charge in [0, 0.05) is 6.42 Å². The first-order chi connectivity index (χ1) is 6.74. The van der Waals surface area contributed by atoms with Crippen molar-refractivity contribution in [2.24, 2.45) is 0 Å². The summed E-state index contributed by atoms with van der Waals surface area (Å²) in [5.41, 5.74) is 0.855. The third-order valence-corrected chi connectivity index (χ3v) is 1.75. The maximum absolute atomic E-state index is 11.0. The normalized spacial score (nSPS) is 11.4. The molecule has 0 aliphatic rings. The van der Waals surface area contributed by atoms with Crippen LogP contribution in [0.5, 0.6) is 0 Å². The minimum absolute atomic E-state index is 0.217. The second-order valence-electron chi connectivity index (χ2n) is 2.81. The van der Waals surface area contributed by atoms with E-state index in [9.17, 15) is 9.90 Å². The number of amides is 1. The van der Waals surface area contributed by atoms with Crippen molar-refractivity contribution in [3.8, 4) is 6.19 Å². The highest BCUT2D eigenvalue weighted by molar-refractivity contribution is 5.82. The quantitative estimate of drug-likeness (QED) is 0.527. The highest BCUT2D eigenvalue weighted by Gasteiger charge is 2.14. The summed E-state index contributed by atoms with van der Waals surface area (Å²) >= 11 is 0. The van der Waals surface area contributed by atoms with Crippen molar-refractivity contribution < 1.29 is 9.90 Å². The molecule has 1 atom stereocenters. The molecule has 0 saturated heterocycles. The Morgan fingerprint density at radius 2 is 2.14 bits per heavy atom. The topological polar surface area (TPSA) is 73.1 Å². The minimum atomic E-state index is -1.17. The lowest BCUT2D eigenvalue weighted by molar-refractivity contribution is -0.128. The fourth-order valence-corrected chi connectivity index (χ4v) is 1.07. The molecule has 0 saturated carbocycles. The van der Waals surface area contributed by atoms with Crippen LogP contribution in [-0.4, -0.2) is 17.1 Å². The van der Waals surface area contributed by atoms with Gasteiger partial charge in [0.25, 0.3) is 5.91 Å². The zero-order chi connectivity index (χ0) is 10.4. The Bertz CT molecular complexity index is 343. The molecule has 1 unspecified atom stereocenters.